The first kappa shape index (κ1) is 10.9. The lowest BCUT2D eigenvalue weighted by Crippen LogP contribution is -2.07. The number of nitrogen functional groups attached to an aromatic ring is 1. The molecule has 0 spiro atoms. The summed E-state index contributed by atoms with van der Waals surface area (Å²) < 4.78 is 2.85. The van der Waals surface area contributed by atoms with E-state index in [2.05, 4.69) is 31.4 Å². The van der Waals surface area contributed by atoms with Crippen LogP contribution in [-0.4, -0.2) is 14.8 Å². The fourth-order valence-corrected chi connectivity index (χ4v) is 1.68. The van der Waals surface area contributed by atoms with E-state index < -0.39 is 0 Å². The first-order valence-corrected chi connectivity index (χ1v) is 5.58. The van der Waals surface area contributed by atoms with E-state index in [-0.39, 0.29) is 0 Å². The zero-order valence-electron chi connectivity index (χ0n) is 8.81. The van der Waals surface area contributed by atoms with E-state index >= 15 is 0 Å². The topological polar surface area (TPSA) is 68.8 Å². The number of anilines is 2. The third kappa shape index (κ3) is 2.33. The molecule has 2 aromatic rings. The summed E-state index contributed by atoms with van der Waals surface area (Å²) in [6.07, 6.45) is 1.67. The highest BCUT2D eigenvalue weighted by Gasteiger charge is 2.03. The molecule has 1 heterocycles. The van der Waals surface area contributed by atoms with Gasteiger partial charge in [0.1, 0.15) is 6.33 Å². The van der Waals surface area contributed by atoms with Crippen molar-refractivity contribution in [1.29, 1.82) is 0 Å². The highest BCUT2D eigenvalue weighted by molar-refractivity contribution is 9.10. The molecule has 0 saturated carbocycles. The number of halogens is 1. The minimum absolute atomic E-state index is 0.594. The van der Waals surface area contributed by atoms with Gasteiger partial charge in [-0.2, -0.15) is 0 Å². The van der Waals surface area contributed by atoms with E-state index in [0.29, 0.717) is 12.2 Å². The molecule has 2 rings (SSSR count). The number of aryl methyl sites for hydroxylation is 1. The van der Waals surface area contributed by atoms with Crippen LogP contribution in [0.5, 0.6) is 0 Å². The maximum Gasteiger partial charge on any atom is 0.151 e. The van der Waals surface area contributed by atoms with Gasteiger partial charge in [-0.25, -0.2) is 0 Å². The van der Waals surface area contributed by atoms with Crippen LogP contribution < -0.4 is 11.1 Å². The average molecular weight is 282 g/mol. The van der Waals surface area contributed by atoms with Gasteiger partial charge in [-0.1, -0.05) is 15.9 Å². The van der Waals surface area contributed by atoms with Crippen LogP contribution in [0.4, 0.5) is 11.4 Å². The van der Waals surface area contributed by atoms with E-state index in [1.165, 1.54) is 0 Å². The van der Waals surface area contributed by atoms with E-state index in [0.717, 1.165) is 16.0 Å². The Balaban J connectivity index is 2.10. The van der Waals surface area contributed by atoms with Gasteiger partial charge in [0.15, 0.2) is 5.82 Å². The van der Waals surface area contributed by atoms with Crippen LogP contribution in [-0.2, 0) is 13.6 Å². The Hall–Kier alpha value is -1.56. The van der Waals surface area contributed by atoms with Crippen molar-refractivity contribution in [2.24, 2.45) is 7.05 Å². The summed E-state index contributed by atoms with van der Waals surface area (Å²) in [4.78, 5) is 0. The summed E-state index contributed by atoms with van der Waals surface area (Å²) in [6.45, 7) is 0.594. The summed E-state index contributed by atoms with van der Waals surface area (Å²) in [5.74, 6) is 0.861. The van der Waals surface area contributed by atoms with Crippen LogP contribution in [0.1, 0.15) is 5.82 Å². The SMILES string of the molecule is Cn1cnnc1CNc1cc(Br)ccc1N. The van der Waals surface area contributed by atoms with Gasteiger partial charge in [0.2, 0.25) is 0 Å². The molecule has 0 saturated heterocycles. The summed E-state index contributed by atoms with van der Waals surface area (Å²) in [7, 11) is 1.90. The van der Waals surface area contributed by atoms with Gasteiger partial charge in [-0.05, 0) is 18.2 Å². The van der Waals surface area contributed by atoms with E-state index in [4.69, 9.17) is 5.73 Å². The molecule has 0 unspecified atom stereocenters. The van der Waals surface area contributed by atoms with Crippen LogP contribution in [0, 0.1) is 0 Å². The fraction of sp³-hybridized carbons (Fsp3) is 0.200. The van der Waals surface area contributed by atoms with Gasteiger partial charge < -0.3 is 15.6 Å². The van der Waals surface area contributed by atoms with Gasteiger partial charge in [0.25, 0.3) is 0 Å². The molecule has 0 atom stereocenters. The second-order valence-corrected chi connectivity index (χ2v) is 4.36. The van der Waals surface area contributed by atoms with Crippen LogP contribution in [0.3, 0.4) is 0 Å². The lowest BCUT2D eigenvalue weighted by Gasteiger charge is -2.09. The number of rotatable bonds is 3. The van der Waals surface area contributed by atoms with Crippen molar-refractivity contribution < 1.29 is 0 Å². The lowest BCUT2D eigenvalue weighted by molar-refractivity contribution is 0.812. The molecule has 0 aliphatic rings. The van der Waals surface area contributed by atoms with Gasteiger partial charge in [0, 0.05) is 11.5 Å². The van der Waals surface area contributed by atoms with Gasteiger partial charge in [-0.15, -0.1) is 10.2 Å². The Kier molecular flexibility index (Phi) is 3.09. The van der Waals surface area contributed by atoms with E-state index in [1.807, 2.05) is 29.8 Å². The first-order valence-electron chi connectivity index (χ1n) is 4.78. The van der Waals surface area contributed by atoms with Crippen molar-refractivity contribution in [3.63, 3.8) is 0 Å². The highest BCUT2D eigenvalue weighted by Crippen LogP contribution is 2.23. The molecular formula is C10H12BrN5. The van der Waals surface area contributed by atoms with E-state index in [1.54, 1.807) is 6.33 Å². The smallest absolute Gasteiger partial charge is 0.151 e. The molecule has 1 aromatic heterocycles. The Morgan fingerprint density at radius 3 is 3.00 bits per heavy atom. The van der Waals surface area contributed by atoms with Crippen LogP contribution in [0.2, 0.25) is 0 Å². The second kappa shape index (κ2) is 4.52. The predicted molar refractivity (Wildman–Crippen MR) is 66.9 cm³/mol. The van der Waals surface area contributed by atoms with Crippen molar-refractivity contribution in [1.82, 2.24) is 14.8 Å². The van der Waals surface area contributed by atoms with Crippen LogP contribution in [0.15, 0.2) is 29.0 Å². The molecule has 0 aliphatic heterocycles. The molecule has 0 radical (unpaired) electrons. The maximum atomic E-state index is 5.84. The van der Waals surface area contributed by atoms with Crippen molar-refractivity contribution >= 4 is 27.3 Å². The Morgan fingerprint density at radius 1 is 1.50 bits per heavy atom. The highest BCUT2D eigenvalue weighted by atomic mass is 79.9. The Morgan fingerprint density at radius 2 is 2.31 bits per heavy atom. The molecule has 0 bridgehead atoms. The first-order chi connectivity index (χ1) is 7.66. The lowest BCUT2D eigenvalue weighted by atomic mass is 10.2. The summed E-state index contributed by atoms with van der Waals surface area (Å²) >= 11 is 3.40. The van der Waals surface area contributed by atoms with Gasteiger partial charge in [-0.3, -0.25) is 0 Å². The van der Waals surface area contributed by atoms with Crippen molar-refractivity contribution in [3.8, 4) is 0 Å². The maximum absolute atomic E-state index is 5.84. The molecule has 0 amide bonds. The Bertz CT molecular complexity index is 494. The van der Waals surface area contributed by atoms with E-state index in [9.17, 15) is 0 Å². The number of hydrogen-bond donors (Lipinski definition) is 2. The molecule has 84 valence electrons. The zero-order valence-corrected chi connectivity index (χ0v) is 10.4. The molecular weight excluding hydrogens is 270 g/mol. The Labute approximate surface area is 102 Å². The molecule has 1 aromatic carbocycles. The molecule has 3 N–H and O–H groups in total. The second-order valence-electron chi connectivity index (χ2n) is 3.44. The summed E-state index contributed by atoms with van der Waals surface area (Å²) in [5, 5.41) is 11.0. The quantitative estimate of drug-likeness (QED) is 0.842. The normalized spacial score (nSPS) is 10.4. The third-order valence-corrected chi connectivity index (χ3v) is 2.75. The molecule has 6 heteroatoms. The summed E-state index contributed by atoms with van der Waals surface area (Å²) in [6, 6.07) is 5.69. The predicted octanol–water partition coefficient (Wildman–Crippen LogP) is 1.77. The van der Waals surface area contributed by atoms with Gasteiger partial charge >= 0.3 is 0 Å². The fourth-order valence-electron chi connectivity index (χ4n) is 1.32. The van der Waals surface area contributed by atoms with Crippen LogP contribution >= 0.6 is 15.9 Å². The zero-order chi connectivity index (χ0) is 11.5. The average Bonchev–Trinajstić information content (AvgIpc) is 2.66. The van der Waals surface area contributed by atoms with Crippen molar-refractivity contribution in [2.45, 2.75) is 6.54 Å². The van der Waals surface area contributed by atoms with Crippen molar-refractivity contribution in [3.05, 3.63) is 34.8 Å². The summed E-state index contributed by atoms with van der Waals surface area (Å²) in [5.41, 5.74) is 7.44. The number of nitrogens with zero attached hydrogens (tertiary/aromatic N) is 3. The number of nitrogens with one attached hydrogen (secondary N) is 1. The third-order valence-electron chi connectivity index (χ3n) is 2.26. The molecule has 0 aliphatic carbocycles. The number of benzene rings is 1. The molecule has 5 nitrogen and oxygen atoms in total. The molecule has 16 heavy (non-hydrogen) atoms. The molecule has 0 fully saturated rings. The van der Waals surface area contributed by atoms with Crippen LogP contribution in [0.25, 0.3) is 0 Å². The van der Waals surface area contributed by atoms with Gasteiger partial charge in [0.05, 0.1) is 17.9 Å². The van der Waals surface area contributed by atoms with Crippen molar-refractivity contribution in [2.75, 3.05) is 11.1 Å². The number of aromatic nitrogens is 3. The minimum Gasteiger partial charge on any atom is -0.397 e. The standard InChI is InChI=1S/C10H12BrN5/c1-16-6-14-15-10(16)5-13-9-4-7(11)2-3-8(9)12/h2-4,6,13H,5,12H2,1H3. The largest absolute Gasteiger partial charge is 0.397 e. The monoisotopic (exact) mass is 281 g/mol. The number of hydrogen-bond acceptors (Lipinski definition) is 4. The number of nitrogens with two attached hydrogens (primary N) is 1. The minimum atomic E-state index is 0.594.